The summed E-state index contributed by atoms with van der Waals surface area (Å²) in [6.45, 7) is -0.220. The SMILES string of the molecule is O=C(O)CN(C(=O)C=Cc1ccccc1)C1CC1. The van der Waals surface area contributed by atoms with Crippen molar-refractivity contribution in [3.63, 3.8) is 0 Å². The third kappa shape index (κ3) is 3.45. The molecule has 4 nitrogen and oxygen atoms in total. The molecule has 0 aliphatic heterocycles. The Labute approximate surface area is 106 Å². The summed E-state index contributed by atoms with van der Waals surface area (Å²) in [7, 11) is 0. The highest BCUT2D eigenvalue weighted by Crippen LogP contribution is 2.26. The second-order valence-corrected chi connectivity index (χ2v) is 4.34. The summed E-state index contributed by atoms with van der Waals surface area (Å²) in [5.74, 6) is -1.20. The predicted octanol–water partition coefficient (Wildman–Crippen LogP) is 1.78. The first-order valence-electron chi connectivity index (χ1n) is 5.92. The standard InChI is InChI=1S/C14H15NO3/c16-13(9-6-11-4-2-1-3-5-11)15(10-14(17)18)12-7-8-12/h1-6,9,12H,7-8,10H2,(H,17,18). The normalized spacial score (nSPS) is 14.7. The van der Waals surface area contributed by atoms with Crippen LogP contribution in [0, 0.1) is 0 Å². The molecule has 0 saturated heterocycles. The lowest BCUT2D eigenvalue weighted by atomic mass is 10.2. The van der Waals surface area contributed by atoms with Gasteiger partial charge in [-0.25, -0.2) is 0 Å². The number of hydrogen-bond donors (Lipinski definition) is 1. The first-order chi connectivity index (χ1) is 8.66. The zero-order valence-electron chi connectivity index (χ0n) is 9.95. The van der Waals surface area contributed by atoms with Crippen LogP contribution < -0.4 is 0 Å². The first-order valence-corrected chi connectivity index (χ1v) is 5.92. The summed E-state index contributed by atoms with van der Waals surface area (Å²) in [5.41, 5.74) is 0.928. The van der Waals surface area contributed by atoms with Gasteiger partial charge in [-0.15, -0.1) is 0 Å². The highest BCUT2D eigenvalue weighted by Gasteiger charge is 2.32. The molecule has 0 spiro atoms. The maximum Gasteiger partial charge on any atom is 0.323 e. The highest BCUT2D eigenvalue weighted by molar-refractivity contribution is 5.94. The Hall–Kier alpha value is -2.10. The molecule has 0 radical (unpaired) electrons. The monoisotopic (exact) mass is 245 g/mol. The maximum atomic E-state index is 11.9. The van der Waals surface area contributed by atoms with Gasteiger partial charge in [0.05, 0.1) is 0 Å². The van der Waals surface area contributed by atoms with Crippen LogP contribution in [0.4, 0.5) is 0 Å². The van der Waals surface area contributed by atoms with Gasteiger partial charge in [-0.3, -0.25) is 9.59 Å². The number of nitrogens with zero attached hydrogens (tertiary/aromatic N) is 1. The average molecular weight is 245 g/mol. The fourth-order valence-electron chi connectivity index (χ4n) is 1.75. The van der Waals surface area contributed by atoms with Crippen molar-refractivity contribution in [2.24, 2.45) is 0 Å². The van der Waals surface area contributed by atoms with E-state index in [0.29, 0.717) is 0 Å². The lowest BCUT2D eigenvalue weighted by Gasteiger charge is -2.17. The van der Waals surface area contributed by atoms with Crippen LogP contribution in [0.15, 0.2) is 36.4 Å². The highest BCUT2D eigenvalue weighted by atomic mass is 16.4. The lowest BCUT2D eigenvalue weighted by molar-refractivity contribution is -0.143. The van der Waals surface area contributed by atoms with Gasteiger partial charge in [0.2, 0.25) is 5.91 Å². The molecule has 1 amide bonds. The quantitative estimate of drug-likeness (QED) is 0.804. The topological polar surface area (TPSA) is 57.6 Å². The molecule has 18 heavy (non-hydrogen) atoms. The van der Waals surface area contributed by atoms with Crippen LogP contribution in [0.25, 0.3) is 6.08 Å². The summed E-state index contributed by atoms with van der Waals surface area (Å²) in [6.07, 6.45) is 4.95. The van der Waals surface area contributed by atoms with E-state index in [0.717, 1.165) is 18.4 Å². The Morgan fingerprint density at radius 3 is 2.50 bits per heavy atom. The Balaban J connectivity index is 2.01. The molecule has 1 aliphatic carbocycles. The molecule has 1 fully saturated rings. The molecule has 0 unspecified atom stereocenters. The van der Waals surface area contributed by atoms with Crippen LogP contribution >= 0.6 is 0 Å². The summed E-state index contributed by atoms with van der Waals surface area (Å²) >= 11 is 0. The van der Waals surface area contributed by atoms with Gasteiger partial charge < -0.3 is 10.0 Å². The van der Waals surface area contributed by atoms with Crippen molar-refractivity contribution in [2.45, 2.75) is 18.9 Å². The Morgan fingerprint density at radius 2 is 1.94 bits per heavy atom. The van der Waals surface area contributed by atoms with E-state index in [4.69, 9.17) is 5.11 Å². The molecule has 0 atom stereocenters. The van der Waals surface area contributed by atoms with Crippen LogP contribution in [0.3, 0.4) is 0 Å². The number of carboxylic acids is 1. The van der Waals surface area contributed by atoms with E-state index < -0.39 is 5.97 Å². The van der Waals surface area contributed by atoms with E-state index in [1.165, 1.54) is 11.0 Å². The van der Waals surface area contributed by atoms with Crippen molar-refractivity contribution in [3.8, 4) is 0 Å². The van der Waals surface area contributed by atoms with Gasteiger partial charge >= 0.3 is 5.97 Å². The Kier molecular flexibility index (Phi) is 3.77. The van der Waals surface area contributed by atoms with Gasteiger partial charge in [0, 0.05) is 12.1 Å². The van der Waals surface area contributed by atoms with Crippen LogP contribution in [0.2, 0.25) is 0 Å². The zero-order valence-corrected chi connectivity index (χ0v) is 9.95. The number of rotatable bonds is 5. The van der Waals surface area contributed by atoms with E-state index >= 15 is 0 Å². The average Bonchev–Trinajstić information content (AvgIpc) is 3.18. The van der Waals surface area contributed by atoms with E-state index in [-0.39, 0.29) is 18.5 Å². The van der Waals surface area contributed by atoms with Crippen LogP contribution in [-0.2, 0) is 9.59 Å². The molecule has 1 aliphatic rings. The molecule has 4 heteroatoms. The fraction of sp³-hybridized carbons (Fsp3) is 0.286. The summed E-state index contributed by atoms with van der Waals surface area (Å²) in [4.78, 5) is 24.0. The first kappa shape index (κ1) is 12.4. The number of benzene rings is 1. The predicted molar refractivity (Wildman–Crippen MR) is 67.8 cm³/mol. The number of amides is 1. The van der Waals surface area contributed by atoms with E-state index in [2.05, 4.69) is 0 Å². The van der Waals surface area contributed by atoms with Crippen molar-refractivity contribution >= 4 is 18.0 Å². The van der Waals surface area contributed by atoms with E-state index in [9.17, 15) is 9.59 Å². The Bertz CT molecular complexity index is 463. The third-order valence-corrected chi connectivity index (χ3v) is 2.79. The molecular formula is C14H15NO3. The van der Waals surface area contributed by atoms with Gasteiger partial charge in [0.25, 0.3) is 0 Å². The van der Waals surface area contributed by atoms with Crippen molar-refractivity contribution in [3.05, 3.63) is 42.0 Å². The maximum absolute atomic E-state index is 11.9. The van der Waals surface area contributed by atoms with Gasteiger partial charge in [0.15, 0.2) is 0 Å². The third-order valence-electron chi connectivity index (χ3n) is 2.79. The molecule has 1 aromatic carbocycles. The number of carbonyl (C=O) groups is 2. The second-order valence-electron chi connectivity index (χ2n) is 4.34. The number of carboxylic acid groups (broad SMARTS) is 1. The smallest absolute Gasteiger partial charge is 0.323 e. The van der Waals surface area contributed by atoms with Gasteiger partial charge in [-0.1, -0.05) is 30.3 Å². The van der Waals surface area contributed by atoms with Crippen molar-refractivity contribution in [2.75, 3.05) is 6.54 Å². The van der Waals surface area contributed by atoms with Crippen molar-refractivity contribution in [1.29, 1.82) is 0 Å². The van der Waals surface area contributed by atoms with E-state index in [1.807, 2.05) is 30.3 Å². The Morgan fingerprint density at radius 1 is 1.28 bits per heavy atom. The summed E-state index contributed by atoms with van der Waals surface area (Å²) in [6, 6.07) is 9.57. The molecule has 94 valence electrons. The number of hydrogen-bond acceptors (Lipinski definition) is 2. The van der Waals surface area contributed by atoms with Crippen molar-refractivity contribution < 1.29 is 14.7 Å². The molecule has 0 bridgehead atoms. The molecule has 1 N–H and O–H groups in total. The molecule has 1 saturated carbocycles. The summed E-state index contributed by atoms with van der Waals surface area (Å²) < 4.78 is 0. The second kappa shape index (κ2) is 5.49. The minimum absolute atomic E-state index is 0.106. The number of carbonyl (C=O) groups excluding carboxylic acids is 1. The van der Waals surface area contributed by atoms with Crippen LogP contribution in [0.1, 0.15) is 18.4 Å². The zero-order chi connectivity index (χ0) is 13.0. The molecule has 2 rings (SSSR count). The van der Waals surface area contributed by atoms with Crippen LogP contribution in [-0.4, -0.2) is 34.5 Å². The molecule has 1 aromatic rings. The minimum Gasteiger partial charge on any atom is -0.480 e. The molecular weight excluding hydrogens is 230 g/mol. The summed E-state index contributed by atoms with van der Waals surface area (Å²) in [5, 5.41) is 8.78. The van der Waals surface area contributed by atoms with Gasteiger partial charge in [0.1, 0.15) is 6.54 Å². The number of aliphatic carboxylic acids is 1. The largest absolute Gasteiger partial charge is 0.480 e. The molecule has 0 heterocycles. The minimum atomic E-state index is -0.969. The fourth-order valence-corrected chi connectivity index (χ4v) is 1.75. The van der Waals surface area contributed by atoms with E-state index in [1.54, 1.807) is 6.08 Å². The van der Waals surface area contributed by atoms with Crippen molar-refractivity contribution in [1.82, 2.24) is 4.90 Å². The lowest BCUT2D eigenvalue weighted by Crippen LogP contribution is -2.36. The van der Waals surface area contributed by atoms with Crippen LogP contribution in [0.5, 0.6) is 0 Å². The van der Waals surface area contributed by atoms with Gasteiger partial charge in [-0.2, -0.15) is 0 Å². The molecule has 0 aromatic heterocycles. The van der Waals surface area contributed by atoms with Gasteiger partial charge in [-0.05, 0) is 24.5 Å².